The van der Waals surface area contributed by atoms with Gasteiger partial charge in [0.25, 0.3) is 0 Å². The van der Waals surface area contributed by atoms with Crippen LogP contribution in [0.3, 0.4) is 0 Å². The molecule has 0 radical (unpaired) electrons. The molecule has 0 atom stereocenters. The zero-order valence-corrected chi connectivity index (χ0v) is 15.8. The summed E-state index contributed by atoms with van der Waals surface area (Å²) in [5, 5.41) is 3.06. The van der Waals surface area contributed by atoms with E-state index in [0.717, 1.165) is 11.3 Å². The molecule has 0 heterocycles. The van der Waals surface area contributed by atoms with Crippen molar-refractivity contribution in [2.24, 2.45) is 10.7 Å². The quantitative estimate of drug-likeness (QED) is 0.435. The zero-order chi connectivity index (χ0) is 15.9. The molecule has 0 fully saturated rings. The van der Waals surface area contributed by atoms with Gasteiger partial charge in [-0.25, -0.2) is 4.99 Å². The van der Waals surface area contributed by atoms with Gasteiger partial charge >= 0.3 is 0 Å². The van der Waals surface area contributed by atoms with Crippen LogP contribution in [0.25, 0.3) is 0 Å². The Labute approximate surface area is 153 Å². The van der Waals surface area contributed by atoms with E-state index in [1.165, 1.54) is 5.56 Å². The summed E-state index contributed by atoms with van der Waals surface area (Å²) in [7, 11) is 3.22. The predicted octanol–water partition coefficient (Wildman–Crippen LogP) is 3.56. The molecule has 0 aromatic heterocycles. The van der Waals surface area contributed by atoms with E-state index < -0.39 is 0 Å². The van der Waals surface area contributed by atoms with Gasteiger partial charge in [-0.15, -0.1) is 24.0 Å². The molecule has 0 saturated carbocycles. The number of nitrogens with two attached hydrogens (primary N) is 1. The summed E-state index contributed by atoms with van der Waals surface area (Å²) in [5.41, 5.74) is 9.01. The molecular weight excluding hydrogens is 405 g/mol. The third-order valence-corrected chi connectivity index (χ3v) is 3.20. The summed E-state index contributed by atoms with van der Waals surface area (Å²) < 4.78 is 10.5. The van der Waals surface area contributed by atoms with Gasteiger partial charge in [0.2, 0.25) is 0 Å². The van der Waals surface area contributed by atoms with E-state index in [-0.39, 0.29) is 24.0 Å². The number of nitrogens with zero attached hydrogens (tertiary/aromatic N) is 1. The van der Waals surface area contributed by atoms with Crippen molar-refractivity contribution in [3.05, 3.63) is 53.6 Å². The number of methoxy groups -OCH3 is 2. The number of benzene rings is 2. The Morgan fingerprint density at radius 3 is 2.30 bits per heavy atom. The summed E-state index contributed by atoms with van der Waals surface area (Å²) in [6, 6.07) is 13.6. The Morgan fingerprint density at radius 1 is 1.04 bits per heavy atom. The maximum atomic E-state index is 5.90. The number of anilines is 1. The first kappa shape index (κ1) is 19.1. The number of halogens is 1. The average molecular weight is 427 g/mol. The minimum Gasteiger partial charge on any atom is -0.493 e. The second kappa shape index (κ2) is 9.24. The predicted molar refractivity (Wildman–Crippen MR) is 105 cm³/mol. The van der Waals surface area contributed by atoms with E-state index in [2.05, 4.69) is 10.3 Å². The van der Waals surface area contributed by atoms with Crippen molar-refractivity contribution < 1.29 is 9.47 Å². The fourth-order valence-electron chi connectivity index (χ4n) is 1.98. The third kappa shape index (κ3) is 5.63. The maximum absolute atomic E-state index is 5.90. The van der Waals surface area contributed by atoms with E-state index >= 15 is 0 Å². The van der Waals surface area contributed by atoms with Crippen LogP contribution >= 0.6 is 24.0 Å². The topological polar surface area (TPSA) is 68.9 Å². The van der Waals surface area contributed by atoms with Gasteiger partial charge in [0.05, 0.1) is 20.8 Å². The van der Waals surface area contributed by atoms with Crippen molar-refractivity contribution in [3.8, 4) is 11.5 Å². The molecule has 0 spiro atoms. The Kier molecular flexibility index (Phi) is 7.67. The number of rotatable bonds is 5. The van der Waals surface area contributed by atoms with Crippen molar-refractivity contribution in [2.75, 3.05) is 19.5 Å². The molecule has 6 heteroatoms. The smallest absolute Gasteiger partial charge is 0.193 e. The van der Waals surface area contributed by atoms with E-state index in [4.69, 9.17) is 15.2 Å². The first-order chi connectivity index (χ1) is 10.6. The highest BCUT2D eigenvalue weighted by Crippen LogP contribution is 2.27. The highest BCUT2D eigenvalue weighted by molar-refractivity contribution is 14.0. The summed E-state index contributed by atoms with van der Waals surface area (Å²) in [6.45, 7) is 2.50. The molecule has 0 aliphatic carbocycles. The summed E-state index contributed by atoms with van der Waals surface area (Å²) in [6.07, 6.45) is 0. The molecule has 0 saturated heterocycles. The lowest BCUT2D eigenvalue weighted by molar-refractivity contribution is 0.354. The average Bonchev–Trinajstić information content (AvgIpc) is 2.54. The normalized spacial score (nSPS) is 10.7. The molecule has 2 aromatic carbocycles. The van der Waals surface area contributed by atoms with Crippen molar-refractivity contribution in [1.82, 2.24) is 0 Å². The molecule has 2 rings (SSSR count). The van der Waals surface area contributed by atoms with Gasteiger partial charge < -0.3 is 20.5 Å². The minimum absolute atomic E-state index is 0. The molecule has 0 aliphatic heterocycles. The molecule has 3 N–H and O–H groups in total. The van der Waals surface area contributed by atoms with E-state index in [1.807, 2.05) is 49.4 Å². The maximum Gasteiger partial charge on any atom is 0.193 e. The lowest BCUT2D eigenvalue weighted by Crippen LogP contribution is -2.22. The van der Waals surface area contributed by atoms with Gasteiger partial charge in [0.1, 0.15) is 0 Å². The number of guanidine groups is 1. The highest BCUT2D eigenvalue weighted by atomic mass is 127. The summed E-state index contributed by atoms with van der Waals surface area (Å²) in [4.78, 5) is 4.33. The van der Waals surface area contributed by atoms with Crippen molar-refractivity contribution >= 4 is 35.6 Å². The van der Waals surface area contributed by atoms with E-state index in [1.54, 1.807) is 14.2 Å². The minimum atomic E-state index is 0. The number of nitrogens with one attached hydrogen (secondary N) is 1. The van der Waals surface area contributed by atoms with Crippen LogP contribution in [-0.4, -0.2) is 20.2 Å². The first-order valence-electron chi connectivity index (χ1n) is 6.97. The Morgan fingerprint density at radius 2 is 1.70 bits per heavy atom. The van der Waals surface area contributed by atoms with Gasteiger partial charge in [-0.3, -0.25) is 0 Å². The van der Waals surface area contributed by atoms with Crippen LogP contribution in [-0.2, 0) is 6.54 Å². The van der Waals surface area contributed by atoms with Crippen molar-refractivity contribution in [1.29, 1.82) is 0 Å². The van der Waals surface area contributed by atoms with Crippen LogP contribution < -0.4 is 20.5 Å². The number of aliphatic imine (C=N–C) groups is 1. The van der Waals surface area contributed by atoms with Gasteiger partial charge in [-0.1, -0.05) is 23.8 Å². The van der Waals surface area contributed by atoms with Crippen LogP contribution in [0.15, 0.2) is 47.5 Å². The van der Waals surface area contributed by atoms with Gasteiger partial charge in [-0.2, -0.15) is 0 Å². The van der Waals surface area contributed by atoms with Crippen LogP contribution in [0, 0.1) is 6.92 Å². The van der Waals surface area contributed by atoms with E-state index in [0.29, 0.717) is 24.0 Å². The lowest BCUT2D eigenvalue weighted by Gasteiger charge is -2.09. The first-order valence-corrected chi connectivity index (χ1v) is 6.97. The largest absolute Gasteiger partial charge is 0.493 e. The van der Waals surface area contributed by atoms with Crippen molar-refractivity contribution in [3.63, 3.8) is 0 Å². The number of ether oxygens (including phenoxy) is 2. The molecule has 0 amide bonds. The fourth-order valence-corrected chi connectivity index (χ4v) is 1.98. The molecular formula is C17H22IN3O2. The van der Waals surface area contributed by atoms with Crippen LogP contribution in [0.2, 0.25) is 0 Å². The highest BCUT2D eigenvalue weighted by Gasteiger charge is 2.04. The molecule has 0 aliphatic rings. The summed E-state index contributed by atoms with van der Waals surface area (Å²) in [5.74, 6) is 1.75. The van der Waals surface area contributed by atoms with Gasteiger partial charge in [0.15, 0.2) is 17.5 Å². The molecule has 23 heavy (non-hydrogen) atoms. The van der Waals surface area contributed by atoms with E-state index in [9.17, 15) is 0 Å². The second-order valence-electron chi connectivity index (χ2n) is 4.88. The molecule has 0 bridgehead atoms. The standard InChI is InChI=1S/C17H21N3O2.HI/c1-12-4-7-14(8-5-12)20-17(18)19-11-13-6-9-15(21-2)16(10-13)22-3;/h4-10H,11H2,1-3H3,(H3,18,19,20);1H. The molecule has 0 unspecified atom stereocenters. The molecule has 5 nitrogen and oxygen atoms in total. The number of hydrogen-bond acceptors (Lipinski definition) is 3. The fraction of sp³-hybridized carbons (Fsp3) is 0.235. The van der Waals surface area contributed by atoms with Crippen molar-refractivity contribution in [2.45, 2.75) is 13.5 Å². The molecule has 124 valence electrons. The van der Waals surface area contributed by atoms with Crippen LogP contribution in [0.5, 0.6) is 11.5 Å². The second-order valence-corrected chi connectivity index (χ2v) is 4.88. The van der Waals surface area contributed by atoms with Gasteiger partial charge in [0, 0.05) is 5.69 Å². The number of hydrogen-bond donors (Lipinski definition) is 2. The molecule has 2 aromatic rings. The number of aryl methyl sites for hydroxylation is 1. The monoisotopic (exact) mass is 427 g/mol. The Hall–Kier alpha value is -1.96. The van der Waals surface area contributed by atoms with Crippen LogP contribution in [0.1, 0.15) is 11.1 Å². The zero-order valence-electron chi connectivity index (χ0n) is 13.5. The lowest BCUT2D eigenvalue weighted by atomic mass is 10.2. The SMILES string of the molecule is COc1ccc(CN=C(N)Nc2ccc(C)cc2)cc1OC.I. The van der Waals surface area contributed by atoms with Crippen LogP contribution in [0.4, 0.5) is 5.69 Å². The third-order valence-electron chi connectivity index (χ3n) is 3.20. The Bertz CT molecular complexity index is 657. The summed E-state index contributed by atoms with van der Waals surface area (Å²) >= 11 is 0. The Balaban J connectivity index is 0.00000264. The van der Waals surface area contributed by atoms with Gasteiger partial charge in [-0.05, 0) is 36.8 Å².